The van der Waals surface area contributed by atoms with Gasteiger partial charge in [-0.1, -0.05) is 13.3 Å². The molecule has 0 amide bonds. The van der Waals surface area contributed by atoms with Gasteiger partial charge in [0.15, 0.2) is 0 Å². The summed E-state index contributed by atoms with van der Waals surface area (Å²) in [5.74, 6) is 2.37. The van der Waals surface area contributed by atoms with E-state index in [0.29, 0.717) is 6.54 Å². The minimum Gasteiger partial charge on any atom is -0.326 e. The van der Waals surface area contributed by atoms with Crippen LogP contribution in [0, 0.1) is 5.92 Å². The Labute approximate surface area is 101 Å². The molecule has 1 aromatic heterocycles. The number of nitrogens with two attached hydrogens (primary N) is 1. The van der Waals surface area contributed by atoms with Crippen LogP contribution in [0.5, 0.6) is 0 Å². The van der Waals surface area contributed by atoms with Crippen molar-refractivity contribution in [2.24, 2.45) is 11.7 Å². The monoisotopic (exact) mass is 236 g/mol. The van der Waals surface area contributed by atoms with E-state index in [9.17, 15) is 0 Å². The minimum atomic E-state index is 0.686. The van der Waals surface area contributed by atoms with E-state index < -0.39 is 0 Å². The van der Waals surface area contributed by atoms with Crippen molar-refractivity contribution in [2.75, 3.05) is 0 Å². The van der Waals surface area contributed by atoms with E-state index in [-0.39, 0.29) is 0 Å². The van der Waals surface area contributed by atoms with Gasteiger partial charge in [0.2, 0.25) is 0 Å². The molecule has 2 aliphatic carbocycles. The predicted molar refractivity (Wildman–Crippen MR) is 67.7 cm³/mol. The Kier molecular flexibility index (Phi) is 2.76. The molecule has 1 aromatic rings. The fourth-order valence-corrected chi connectivity index (χ4v) is 3.99. The average Bonchev–Trinajstić information content (AvgIpc) is 2.88. The van der Waals surface area contributed by atoms with Crippen molar-refractivity contribution in [2.45, 2.75) is 57.4 Å². The largest absolute Gasteiger partial charge is 0.326 e. The van der Waals surface area contributed by atoms with Crippen LogP contribution in [0.4, 0.5) is 0 Å². The fraction of sp³-hybridized carbons (Fsp3) is 0.769. The summed E-state index contributed by atoms with van der Waals surface area (Å²) in [7, 11) is 0. The summed E-state index contributed by atoms with van der Waals surface area (Å²) in [6, 6.07) is 0. The Morgan fingerprint density at radius 3 is 2.56 bits per heavy atom. The third kappa shape index (κ3) is 1.91. The van der Waals surface area contributed by atoms with E-state index in [2.05, 4.69) is 6.92 Å². The first-order valence-corrected chi connectivity index (χ1v) is 7.29. The summed E-state index contributed by atoms with van der Waals surface area (Å²) < 4.78 is 0. The molecular weight excluding hydrogens is 216 g/mol. The Morgan fingerprint density at radius 1 is 1.25 bits per heavy atom. The number of hydrogen-bond acceptors (Lipinski definition) is 3. The van der Waals surface area contributed by atoms with Gasteiger partial charge in [0.25, 0.3) is 0 Å². The van der Waals surface area contributed by atoms with Gasteiger partial charge >= 0.3 is 0 Å². The normalized spacial score (nSPS) is 29.9. The van der Waals surface area contributed by atoms with Crippen molar-refractivity contribution < 1.29 is 0 Å². The zero-order valence-corrected chi connectivity index (χ0v) is 10.7. The lowest BCUT2D eigenvalue weighted by atomic mass is 10.1. The molecule has 0 aromatic carbocycles. The first-order chi connectivity index (χ1) is 7.78. The third-order valence-corrected chi connectivity index (χ3v) is 5.19. The van der Waals surface area contributed by atoms with Crippen LogP contribution in [-0.2, 0) is 6.54 Å². The van der Waals surface area contributed by atoms with Crippen LogP contribution < -0.4 is 5.73 Å². The van der Waals surface area contributed by atoms with E-state index in [4.69, 9.17) is 10.7 Å². The van der Waals surface area contributed by atoms with Crippen molar-refractivity contribution in [3.63, 3.8) is 0 Å². The van der Waals surface area contributed by atoms with Crippen LogP contribution in [0.2, 0.25) is 0 Å². The second kappa shape index (κ2) is 4.11. The van der Waals surface area contributed by atoms with E-state index in [1.165, 1.54) is 47.7 Å². The van der Waals surface area contributed by atoms with Crippen LogP contribution in [0.3, 0.4) is 0 Å². The SMILES string of the molecule is CC1CCC(c2nc(C3CC3)c(CN)s2)C1. The van der Waals surface area contributed by atoms with Crippen LogP contribution in [0.25, 0.3) is 0 Å². The van der Waals surface area contributed by atoms with Crippen molar-refractivity contribution in [1.29, 1.82) is 0 Å². The van der Waals surface area contributed by atoms with Crippen molar-refractivity contribution in [3.05, 3.63) is 15.6 Å². The highest BCUT2D eigenvalue weighted by atomic mass is 32.1. The van der Waals surface area contributed by atoms with Crippen LogP contribution in [0.15, 0.2) is 0 Å². The van der Waals surface area contributed by atoms with Crippen LogP contribution >= 0.6 is 11.3 Å². The Bertz CT molecular complexity index is 381. The number of hydrogen-bond donors (Lipinski definition) is 1. The van der Waals surface area contributed by atoms with E-state index in [0.717, 1.165) is 17.8 Å². The third-order valence-electron chi connectivity index (χ3n) is 3.94. The van der Waals surface area contributed by atoms with Crippen LogP contribution in [0.1, 0.15) is 66.4 Å². The lowest BCUT2D eigenvalue weighted by Crippen LogP contribution is -1.97. The molecule has 2 unspecified atom stereocenters. The van der Waals surface area contributed by atoms with E-state index in [1.54, 1.807) is 0 Å². The molecule has 0 spiro atoms. The minimum absolute atomic E-state index is 0.686. The summed E-state index contributed by atoms with van der Waals surface area (Å²) in [5.41, 5.74) is 7.18. The molecule has 0 bridgehead atoms. The maximum atomic E-state index is 5.83. The molecule has 2 N–H and O–H groups in total. The highest BCUT2D eigenvalue weighted by Crippen LogP contribution is 2.46. The molecule has 1 heterocycles. The number of nitrogens with zero attached hydrogens (tertiary/aromatic N) is 1. The van der Waals surface area contributed by atoms with Gasteiger partial charge in [-0.15, -0.1) is 11.3 Å². The molecule has 0 radical (unpaired) electrons. The number of rotatable bonds is 3. The molecule has 2 saturated carbocycles. The molecule has 2 fully saturated rings. The highest BCUT2D eigenvalue weighted by Gasteiger charge is 2.32. The number of thiazole rings is 1. The summed E-state index contributed by atoms with van der Waals surface area (Å²) in [6.07, 6.45) is 6.71. The smallest absolute Gasteiger partial charge is 0.0962 e. The Balaban J connectivity index is 1.84. The molecule has 2 nitrogen and oxygen atoms in total. The van der Waals surface area contributed by atoms with Gasteiger partial charge in [0.1, 0.15) is 0 Å². The second-order valence-corrected chi connectivity index (χ2v) is 6.57. The summed E-state index contributed by atoms with van der Waals surface area (Å²) in [6.45, 7) is 3.05. The van der Waals surface area contributed by atoms with Crippen molar-refractivity contribution in [3.8, 4) is 0 Å². The molecule has 3 heteroatoms. The van der Waals surface area contributed by atoms with Crippen molar-refractivity contribution >= 4 is 11.3 Å². The summed E-state index contributed by atoms with van der Waals surface area (Å²) in [4.78, 5) is 6.26. The lowest BCUT2D eigenvalue weighted by molar-refractivity contribution is 0.595. The first-order valence-electron chi connectivity index (χ1n) is 6.47. The predicted octanol–water partition coefficient (Wildman–Crippen LogP) is 3.38. The van der Waals surface area contributed by atoms with Gasteiger partial charge in [-0.25, -0.2) is 4.98 Å². The Morgan fingerprint density at radius 2 is 2.00 bits per heavy atom. The molecule has 3 rings (SSSR count). The maximum absolute atomic E-state index is 5.83. The maximum Gasteiger partial charge on any atom is 0.0962 e. The quantitative estimate of drug-likeness (QED) is 0.873. The second-order valence-electron chi connectivity index (χ2n) is 5.45. The Hall–Kier alpha value is -0.410. The van der Waals surface area contributed by atoms with Gasteiger partial charge in [0, 0.05) is 23.3 Å². The molecular formula is C13H20N2S. The molecule has 16 heavy (non-hydrogen) atoms. The van der Waals surface area contributed by atoms with E-state index >= 15 is 0 Å². The van der Waals surface area contributed by atoms with Crippen LogP contribution in [-0.4, -0.2) is 4.98 Å². The lowest BCUT2D eigenvalue weighted by Gasteiger charge is -2.04. The molecule has 0 aliphatic heterocycles. The van der Waals surface area contributed by atoms with Crippen molar-refractivity contribution in [1.82, 2.24) is 4.98 Å². The standard InChI is InChI=1S/C13H20N2S/c1-8-2-3-10(6-8)13-15-12(9-4-5-9)11(7-14)16-13/h8-10H,2-7,14H2,1H3. The van der Waals surface area contributed by atoms with Gasteiger partial charge in [-0.3, -0.25) is 0 Å². The van der Waals surface area contributed by atoms with Gasteiger partial charge in [0.05, 0.1) is 10.7 Å². The fourth-order valence-electron chi connectivity index (χ4n) is 2.81. The number of aromatic nitrogens is 1. The topological polar surface area (TPSA) is 38.9 Å². The van der Waals surface area contributed by atoms with Gasteiger partial charge in [-0.05, 0) is 31.6 Å². The molecule has 2 atom stereocenters. The summed E-state index contributed by atoms with van der Waals surface area (Å²) in [5, 5.41) is 1.38. The first kappa shape index (κ1) is 10.7. The van der Waals surface area contributed by atoms with Gasteiger partial charge in [-0.2, -0.15) is 0 Å². The zero-order valence-electron chi connectivity index (χ0n) is 9.91. The average molecular weight is 236 g/mol. The highest BCUT2D eigenvalue weighted by molar-refractivity contribution is 7.11. The molecule has 2 aliphatic rings. The van der Waals surface area contributed by atoms with Gasteiger partial charge < -0.3 is 5.73 Å². The zero-order chi connectivity index (χ0) is 11.1. The summed E-state index contributed by atoms with van der Waals surface area (Å²) >= 11 is 1.89. The molecule has 88 valence electrons. The molecule has 0 saturated heterocycles. The van der Waals surface area contributed by atoms with E-state index in [1.807, 2.05) is 11.3 Å².